The van der Waals surface area contributed by atoms with Crippen LogP contribution in [0.1, 0.15) is 5.56 Å². The van der Waals surface area contributed by atoms with E-state index >= 15 is 0 Å². The first-order valence-corrected chi connectivity index (χ1v) is 10.8. The van der Waals surface area contributed by atoms with Crippen molar-refractivity contribution in [1.82, 2.24) is 19.8 Å². The molecule has 13 heteroatoms. The first-order valence-electron chi connectivity index (χ1n) is 10.8. The first-order chi connectivity index (χ1) is 17.1. The first kappa shape index (κ1) is 25.0. The minimum absolute atomic E-state index is 0.0252. The number of benzene rings is 2. The molecule has 2 aromatic carbocycles. The number of nitrogen functional groups attached to an aromatic ring is 1. The lowest BCUT2D eigenvalue weighted by atomic mass is 10.1. The SMILES string of the molecule is COC[C@H]1C(=O)N(Cc2ccc3c(N)ncnc3c2)CCN1C(=O)Nc1ccc(OC(F)(F)F)cc1. The van der Waals surface area contributed by atoms with Crippen LogP contribution < -0.4 is 15.8 Å². The maximum Gasteiger partial charge on any atom is 0.573 e. The quantitative estimate of drug-likeness (QED) is 0.529. The lowest BCUT2D eigenvalue weighted by Gasteiger charge is -2.40. The van der Waals surface area contributed by atoms with E-state index in [2.05, 4.69) is 20.0 Å². The fraction of sp³-hybridized carbons (Fsp3) is 0.304. The number of piperazine rings is 1. The number of alkyl halides is 3. The third kappa shape index (κ3) is 5.74. The molecule has 0 unspecified atom stereocenters. The van der Waals surface area contributed by atoms with E-state index in [-0.39, 0.29) is 31.3 Å². The third-order valence-corrected chi connectivity index (χ3v) is 5.61. The zero-order valence-corrected chi connectivity index (χ0v) is 19.2. The molecule has 1 aliphatic rings. The van der Waals surface area contributed by atoms with Crippen LogP contribution in [0.3, 0.4) is 0 Å². The molecule has 1 aromatic heterocycles. The molecule has 0 bridgehead atoms. The van der Waals surface area contributed by atoms with E-state index in [9.17, 15) is 22.8 Å². The van der Waals surface area contributed by atoms with Crippen molar-refractivity contribution >= 4 is 34.3 Å². The van der Waals surface area contributed by atoms with Gasteiger partial charge in [-0.1, -0.05) is 6.07 Å². The van der Waals surface area contributed by atoms with Gasteiger partial charge in [-0.2, -0.15) is 0 Å². The molecule has 0 saturated carbocycles. The third-order valence-electron chi connectivity index (χ3n) is 5.61. The van der Waals surface area contributed by atoms with Gasteiger partial charge < -0.3 is 30.3 Å². The molecule has 4 rings (SSSR count). The van der Waals surface area contributed by atoms with Gasteiger partial charge in [-0.15, -0.1) is 13.2 Å². The van der Waals surface area contributed by atoms with Crippen molar-refractivity contribution in [3.63, 3.8) is 0 Å². The van der Waals surface area contributed by atoms with Crippen molar-refractivity contribution in [3.05, 3.63) is 54.4 Å². The lowest BCUT2D eigenvalue weighted by Crippen LogP contribution is -2.60. The molecule has 1 saturated heterocycles. The van der Waals surface area contributed by atoms with Crippen LogP contribution >= 0.6 is 0 Å². The topological polar surface area (TPSA) is 123 Å². The second-order valence-corrected chi connectivity index (χ2v) is 8.04. The molecule has 190 valence electrons. The van der Waals surface area contributed by atoms with Gasteiger partial charge in [0.05, 0.1) is 12.1 Å². The molecular formula is C23H23F3N6O4. The van der Waals surface area contributed by atoms with E-state index in [0.29, 0.717) is 23.3 Å². The number of halogens is 3. The van der Waals surface area contributed by atoms with Gasteiger partial charge in [0.25, 0.3) is 0 Å². The molecule has 3 N–H and O–H groups in total. The second kappa shape index (κ2) is 10.2. The number of carbonyl (C=O) groups excluding carboxylic acids is 2. The van der Waals surface area contributed by atoms with Crippen molar-refractivity contribution in [2.24, 2.45) is 0 Å². The Morgan fingerprint density at radius 3 is 2.61 bits per heavy atom. The van der Waals surface area contributed by atoms with Crippen LogP contribution in [0.5, 0.6) is 5.75 Å². The smallest absolute Gasteiger partial charge is 0.406 e. The molecule has 1 fully saturated rings. The molecule has 10 nitrogen and oxygen atoms in total. The van der Waals surface area contributed by atoms with Crippen LogP contribution in [0.2, 0.25) is 0 Å². The van der Waals surface area contributed by atoms with E-state index in [1.807, 2.05) is 12.1 Å². The van der Waals surface area contributed by atoms with E-state index in [4.69, 9.17) is 10.5 Å². The summed E-state index contributed by atoms with van der Waals surface area (Å²) >= 11 is 0. The number of nitrogens with zero attached hydrogens (tertiary/aromatic N) is 4. The number of anilines is 2. The summed E-state index contributed by atoms with van der Waals surface area (Å²) in [5, 5.41) is 3.31. The molecular weight excluding hydrogens is 481 g/mol. The molecule has 0 aliphatic carbocycles. The molecule has 0 spiro atoms. The lowest BCUT2D eigenvalue weighted by molar-refractivity contribution is -0.274. The van der Waals surface area contributed by atoms with Gasteiger partial charge in [-0.25, -0.2) is 14.8 Å². The van der Waals surface area contributed by atoms with Crippen LogP contribution in [-0.4, -0.2) is 70.9 Å². The summed E-state index contributed by atoms with van der Waals surface area (Å²) < 4.78 is 46.1. The fourth-order valence-electron chi connectivity index (χ4n) is 3.94. The van der Waals surface area contributed by atoms with E-state index in [0.717, 1.165) is 17.7 Å². The Morgan fingerprint density at radius 1 is 1.17 bits per heavy atom. The van der Waals surface area contributed by atoms with Gasteiger partial charge in [-0.05, 0) is 42.0 Å². The number of nitrogens with one attached hydrogen (secondary N) is 1. The number of nitrogens with two attached hydrogens (primary N) is 1. The standard InChI is InChI=1S/C23H23F3N6O4/c1-35-12-19-21(33)31(11-14-2-7-17-18(10-14)28-13-29-20(17)27)8-9-32(19)22(34)30-15-3-5-16(6-4-15)36-23(24,25)26/h2-7,10,13,19H,8-9,11-12H2,1H3,(H,30,34)(H2,27,28,29)/t19-/m0/s1. The molecule has 3 amide bonds. The van der Waals surface area contributed by atoms with Crippen molar-refractivity contribution in [1.29, 1.82) is 0 Å². The minimum atomic E-state index is -4.81. The van der Waals surface area contributed by atoms with Crippen LogP contribution in [0.25, 0.3) is 10.9 Å². The predicted molar refractivity (Wildman–Crippen MR) is 124 cm³/mol. The maximum atomic E-state index is 13.2. The average Bonchev–Trinajstić information content (AvgIpc) is 2.82. The molecule has 3 aromatic rings. The number of carbonyl (C=O) groups is 2. The number of aromatic nitrogens is 2. The number of urea groups is 1. The van der Waals surface area contributed by atoms with E-state index < -0.39 is 24.2 Å². The summed E-state index contributed by atoms with van der Waals surface area (Å²) in [6, 6.07) is 8.73. The summed E-state index contributed by atoms with van der Waals surface area (Å²) in [6.07, 6.45) is -3.44. The highest BCUT2D eigenvalue weighted by atomic mass is 19.4. The van der Waals surface area contributed by atoms with Crippen molar-refractivity contribution in [3.8, 4) is 5.75 Å². The normalized spacial score (nSPS) is 16.3. The van der Waals surface area contributed by atoms with Crippen LogP contribution in [-0.2, 0) is 16.1 Å². The van der Waals surface area contributed by atoms with Crippen molar-refractivity contribution in [2.75, 3.05) is 37.9 Å². The van der Waals surface area contributed by atoms with Crippen molar-refractivity contribution < 1.29 is 32.2 Å². The number of hydrogen-bond acceptors (Lipinski definition) is 7. The zero-order valence-electron chi connectivity index (χ0n) is 19.2. The number of hydrogen-bond donors (Lipinski definition) is 2. The Kier molecular flexibility index (Phi) is 7.10. The summed E-state index contributed by atoms with van der Waals surface area (Å²) in [7, 11) is 1.43. The Bertz CT molecular complexity index is 1250. The predicted octanol–water partition coefficient (Wildman–Crippen LogP) is 3.00. The van der Waals surface area contributed by atoms with Crippen molar-refractivity contribution in [2.45, 2.75) is 18.9 Å². The molecule has 2 heterocycles. The number of rotatable bonds is 6. The average molecular weight is 504 g/mol. The highest BCUT2D eigenvalue weighted by molar-refractivity contribution is 5.95. The summed E-state index contributed by atoms with van der Waals surface area (Å²) in [6.45, 7) is 0.774. The maximum absolute atomic E-state index is 13.2. The van der Waals surface area contributed by atoms with Crippen LogP contribution in [0, 0.1) is 0 Å². The molecule has 36 heavy (non-hydrogen) atoms. The Balaban J connectivity index is 1.43. The zero-order chi connectivity index (χ0) is 25.9. The Morgan fingerprint density at radius 2 is 1.92 bits per heavy atom. The Labute approximate surface area is 203 Å². The summed E-state index contributed by atoms with van der Waals surface area (Å²) in [5.41, 5.74) is 7.61. The van der Waals surface area contributed by atoms with Crippen LogP contribution in [0.15, 0.2) is 48.8 Å². The monoisotopic (exact) mass is 504 g/mol. The highest BCUT2D eigenvalue weighted by Gasteiger charge is 2.37. The van der Waals surface area contributed by atoms with Gasteiger partial charge in [0.2, 0.25) is 5.91 Å². The van der Waals surface area contributed by atoms with Gasteiger partial charge in [-0.3, -0.25) is 4.79 Å². The van der Waals surface area contributed by atoms with E-state index in [1.165, 1.54) is 30.5 Å². The summed E-state index contributed by atoms with van der Waals surface area (Å²) in [5.74, 6) is -0.344. The largest absolute Gasteiger partial charge is 0.573 e. The van der Waals surface area contributed by atoms with Gasteiger partial charge in [0.1, 0.15) is 23.9 Å². The fourth-order valence-corrected chi connectivity index (χ4v) is 3.94. The summed E-state index contributed by atoms with van der Waals surface area (Å²) in [4.78, 5) is 37.3. The van der Waals surface area contributed by atoms with Gasteiger partial charge in [0, 0.05) is 37.8 Å². The molecule has 1 atom stereocenters. The number of fused-ring (bicyclic) bond motifs is 1. The molecule has 1 aliphatic heterocycles. The van der Waals surface area contributed by atoms with Gasteiger partial charge in [0.15, 0.2) is 0 Å². The Hall–Kier alpha value is -4.13. The second-order valence-electron chi connectivity index (χ2n) is 8.04. The van der Waals surface area contributed by atoms with Gasteiger partial charge >= 0.3 is 12.4 Å². The highest BCUT2D eigenvalue weighted by Crippen LogP contribution is 2.25. The number of amides is 3. The minimum Gasteiger partial charge on any atom is -0.406 e. The number of methoxy groups -OCH3 is 1. The number of ether oxygens (including phenoxy) is 2. The molecule has 0 radical (unpaired) electrons. The van der Waals surface area contributed by atoms with Crippen LogP contribution in [0.4, 0.5) is 29.5 Å². The van der Waals surface area contributed by atoms with E-state index in [1.54, 1.807) is 11.0 Å².